The summed E-state index contributed by atoms with van der Waals surface area (Å²) in [7, 11) is 0. The minimum atomic E-state index is -0.792. The number of likely N-dealkylation sites (N-methyl/N-ethyl adjacent to an activating group) is 1. The van der Waals surface area contributed by atoms with Crippen LogP contribution in [0.1, 0.15) is 20.3 Å². The van der Waals surface area contributed by atoms with Crippen molar-refractivity contribution >= 4 is 35.0 Å². The van der Waals surface area contributed by atoms with E-state index < -0.39 is 6.16 Å². The zero-order valence-corrected chi connectivity index (χ0v) is 15.8. The van der Waals surface area contributed by atoms with Gasteiger partial charge in [0.25, 0.3) is 0 Å². The van der Waals surface area contributed by atoms with Crippen LogP contribution in [-0.4, -0.2) is 25.3 Å². The van der Waals surface area contributed by atoms with Gasteiger partial charge in [-0.05, 0) is 37.6 Å². The summed E-state index contributed by atoms with van der Waals surface area (Å²) in [6.45, 7) is 5.40. The molecule has 2 aromatic rings. The van der Waals surface area contributed by atoms with E-state index in [9.17, 15) is 4.79 Å². The zero-order chi connectivity index (χ0) is 18.2. The Balaban J connectivity index is 1.98. The Kier molecular flexibility index (Phi) is 7.41. The summed E-state index contributed by atoms with van der Waals surface area (Å²) in [5.41, 5.74) is 1.08. The molecule has 0 aromatic heterocycles. The molecular weight excluding hydrogens is 361 g/mol. The average molecular weight is 382 g/mol. The molecule has 0 N–H and O–H groups in total. The van der Waals surface area contributed by atoms with Crippen LogP contribution in [0.5, 0.6) is 5.75 Å². The quantitative estimate of drug-likeness (QED) is 0.447. The fourth-order valence-electron chi connectivity index (χ4n) is 2.36. The van der Waals surface area contributed by atoms with Crippen molar-refractivity contribution in [3.05, 3.63) is 58.6 Å². The minimum Gasteiger partial charge on any atom is -0.429 e. The second-order valence-electron chi connectivity index (χ2n) is 5.45. The second kappa shape index (κ2) is 9.54. The van der Waals surface area contributed by atoms with Gasteiger partial charge in [-0.1, -0.05) is 48.3 Å². The number of nitrogens with zero attached hydrogens (tertiary/aromatic N) is 1. The molecule has 0 fully saturated rings. The summed E-state index contributed by atoms with van der Waals surface area (Å²) in [6, 6.07) is 14.7. The van der Waals surface area contributed by atoms with E-state index in [4.69, 9.17) is 32.7 Å². The van der Waals surface area contributed by atoms with E-state index in [0.29, 0.717) is 23.0 Å². The predicted octanol–water partition coefficient (Wildman–Crippen LogP) is 5.81. The number of halogens is 2. The van der Waals surface area contributed by atoms with Crippen LogP contribution in [0.4, 0.5) is 10.5 Å². The third kappa shape index (κ3) is 5.83. The van der Waals surface area contributed by atoms with E-state index in [1.54, 1.807) is 12.1 Å². The number of carbonyl (C=O) groups excluding carboxylic acids is 1. The van der Waals surface area contributed by atoms with Crippen LogP contribution in [0, 0.1) is 0 Å². The van der Waals surface area contributed by atoms with Crippen molar-refractivity contribution in [1.82, 2.24) is 0 Å². The van der Waals surface area contributed by atoms with Gasteiger partial charge in [0.05, 0.1) is 11.6 Å². The molecule has 0 aliphatic heterocycles. The van der Waals surface area contributed by atoms with Gasteiger partial charge in [0.2, 0.25) is 0 Å². The van der Waals surface area contributed by atoms with Gasteiger partial charge in [0.15, 0.2) is 5.75 Å². The molecule has 0 heterocycles. The molecule has 0 bridgehead atoms. The van der Waals surface area contributed by atoms with Crippen LogP contribution < -0.4 is 9.64 Å². The summed E-state index contributed by atoms with van der Waals surface area (Å²) < 4.78 is 10.6. The monoisotopic (exact) mass is 381 g/mol. The van der Waals surface area contributed by atoms with E-state index in [0.717, 1.165) is 12.2 Å². The van der Waals surface area contributed by atoms with Crippen molar-refractivity contribution < 1.29 is 14.3 Å². The molecule has 0 aliphatic rings. The van der Waals surface area contributed by atoms with Gasteiger partial charge in [-0.3, -0.25) is 0 Å². The standard InChI is InChI=1S/C19H21Cl2NO3/c1-3-16(13-22(4-2)15-8-6-5-7-9-15)24-19(23)25-18-12-14(20)10-11-17(18)21/h5-12,16H,3-4,13H2,1-2H3. The van der Waals surface area contributed by atoms with Gasteiger partial charge in [-0.25, -0.2) is 4.79 Å². The Hall–Kier alpha value is -1.91. The number of carbonyl (C=O) groups is 1. The maximum absolute atomic E-state index is 12.1. The lowest BCUT2D eigenvalue weighted by Crippen LogP contribution is -2.35. The van der Waals surface area contributed by atoms with Crippen LogP contribution in [0.15, 0.2) is 48.5 Å². The summed E-state index contributed by atoms with van der Waals surface area (Å²) in [5.74, 6) is 0.185. The van der Waals surface area contributed by atoms with Crippen molar-refractivity contribution in [3.63, 3.8) is 0 Å². The zero-order valence-electron chi connectivity index (χ0n) is 14.2. The molecule has 1 unspecified atom stereocenters. The highest BCUT2D eigenvalue weighted by Crippen LogP contribution is 2.28. The molecule has 0 amide bonds. The molecule has 2 aromatic carbocycles. The SMILES string of the molecule is CCC(CN(CC)c1ccccc1)OC(=O)Oc1cc(Cl)ccc1Cl. The van der Waals surface area contributed by atoms with E-state index in [1.165, 1.54) is 6.07 Å². The molecule has 1 atom stereocenters. The number of benzene rings is 2. The second-order valence-corrected chi connectivity index (χ2v) is 6.29. The van der Waals surface area contributed by atoms with Crippen LogP contribution in [0.2, 0.25) is 10.0 Å². The molecule has 4 nitrogen and oxygen atoms in total. The fraction of sp³-hybridized carbons (Fsp3) is 0.316. The number of para-hydroxylation sites is 1. The van der Waals surface area contributed by atoms with Crippen molar-refractivity contribution in [2.75, 3.05) is 18.0 Å². The van der Waals surface area contributed by atoms with Crippen LogP contribution in [0.25, 0.3) is 0 Å². The van der Waals surface area contributed by atoms with Crippen LogP contribution >= 0.6 is 23.2 Å². The lowest BCUT2D eigenvalue weighted by molar-refractivity contribution is 0.0594. The van der Waals surface area contributed by atoms with E-state index in [2.05, 4.69) is 11.8 Å². The molecule has 0 saturated heterocycles. The molecule has 25 heavy (non-hydrogen) atoms. The maximum Gasteiger partial charge on any atom is 0.514 e. The van der Waals surface area contributed by atoms with Gasteiger partial charge >= 0.3 is 6.16 Å². The van der Waals surface area contributed by atoms with Crippen LogP contribution in [0.3, 0.4) is 0 Å². The summed E-state index contributed by atoms with van der Waals surface area (Å²) >= 11 is 11.9. The van der Waals surface area contributed by atoms with Gasteiger partial charge < -0.3 is 14.4 Å². The normalized spacial score (nSPS) is 11.7. The van der Waals surface area contributed by atoms with Gasteiger partial charge in [0, 0.05) is 23.3 Å². The number of hydrogen-bond donors (Lipinski definition) is 0. The van der Waals surface area contributed by atoms with Crippen molar-refractivity contribution in [2.45, 2.75) is 26.4 Å². The third-order valence-electron chi connectivity index (χ3n) is 3.73. The largest absolute Gasteiger partial charge is 0.514 e. The highest BCUT2D eigenvalue weighted by Gasteiger charge is 2.19. The number of rotatable bonds is 7. The molecule has 134 valence electrons. The van der Waals surface area contributed by atoms with E-state index in [1.807, 2.05) is 37.3 Å². The Labute approximate surface area is 158 Å². The highest BCUT2D eigenvalue weighted by atomic mass is 35.5. The first-order valence-electron chi connectivity index (χ1n) is 8.17. The molecular formula is C19H21Cl2NO3. The number of ether oxygens (including phenoxy) is 2. The lowest BCUT2D eigenvalue weighted by Gasteiger charge is -2.27. The Bertz CT molecular complexity index is 694. The first-order chi connectivity index (χ1) is 12.0. The highest BCUT2D eigenvalue weighted by molar-refractivity contribution is 6.34. The first kappa shape index (κ1) is 19.4. The Morgan fingerprint density at radius 3 is 2.48 bits per heavy atom. The van der Waals surface area contributed by atoms with E-state index >= 15 is 0 Å². The molecule has 0 saturated carbocycles. The summed E-state index contributed by atoms with van der Waals surface area (Å²) in [4.78, 5) is 14.2. The Morgan fingerprint density at radius 2 is 1.84 bits per heavy atom. The summed E-state index contributed by atoms with van der Waals surface area (Å²) in [5, 5.41) is 0.731. The van der Waals surface area contributed by atoms with Crippen molar-refractivity contribution in [2.24, 2.45) is 0 Å². The topological polar surface area (TPSA) is 38.8 Å². The smallest absolute Gasteiger partial charge is 0.429 e. The first-order valence-corrected chi connectivity index (χ1v) is 8.92. The van der Waals surface area contributed by atoms with Crippen molar-refractivity contribution in [3.8, 4) is 5.75 Å². The minimum absolute atomic E-state index is 0.185. The third-order valence-corrected chi connectivity index (χ3v) is 4.28. The fourth-order valence-corrected chi connectivity index (χ4v) is 2.67. The molecule has 0 aliphatic carbocycles. The Morgan fingerprint density at radius 1 is 1.12 bits per heavy atom. The van der Waals surface area contributed by atoms with Gasteiger partial charge in [-0.15, -0.1) is 0 Å². The van der Waals surface area contributed by atoms with Gasteiger partial charge in [-0.2, -0.15) is 0 Å². The molecule has 6 heteroatoms. The van der Waals surface area contributed by atoms with Gasteiger partial charge in [0.1, 0.15) is 6.10 Å². The maximum atomic E-state index is 12.1. The number of anilines is 1. The summed E-state index contributed by atoms with van der Waals surface area (Å²) in [6.07, 6.45) is -0.424. The molecule has 0 spiro atoms. The molecule has 0 radical (unpaired) electrons. The van der Waals surface area contributed by atoms with Crippen LogP contribution in [-0.2, 0) is 4.74 Å². The lowest BCUT2D eigenvalue weighted by atomic mass is 10.2. The van der Waals surface area contributed by atoms with Crippen molar-refractivity contribution in [1.29, 1.82) is 0 Å². The average Bonchev–Trinajstić information content (AvgIpc) is 2.62. The predicted molar refractivity (Wildman–Crippen MR) is 102 cm³/mol. The van der Waals surface area contributed by atoms with E-state index in [-0.39, 0.29) is 11.9 Å². The number of hydrogen-bond acceptors (Lipinski definition) is 4. The molecule has 2 rings (SSSR count).